The summed E-state index contributed by atoms with van der Waals surface area (Å²) in [5, 5.41) is 16.8. The van der Waals surface area contributed by atoms with Crippen molar-refractivity contribution in [1.82, 2.24) is 19.7 Å². The number of nitrogens with zero attached hydrogens (tertiary/aromatic N) is 5. The van der Waals surface area contributed by atoms with Crippen molar-refractivity contribution in [3.8, 4) is 11.6 Å². The summed E-state index contributed by atoms with van der Waals surface area (Å²) in [6.07, 6.45) is 7.89. The number of nitrogens with one attached hydrogen (secondary N) is 1. The van der Waals surface area contributed by atoms with E-state index in [0.717, 1.165) is 53.0 Å². The molecule has 0 bridgehead atoms. The van der Waals surface area contributed by atoms with Gasteiger partial charge in [-0.3, -0.25) is 9.88 Å². The van der Waals surface area contributed by atoms with Crippen molar-refractivity contribution in [2.75, 3.05) is 10.2 Å². The van der Waals surface area contributed by atoms with Gasteiger partial charge in [0, 0.05) is 41.6 Å². The van der Waals surface area contributed by atoms with E-state index in [0.29, 0.717) is 41.7 Å². The van der Waals surface area contributed by atoms with Crippen LogP contribution in [0.4, 0.5) is 20.6 Å². The molecule has 2 N–H and O–H groups in total. The molecule has 198 valence electrons. The molecule has 1 aromatic carbocycles. The van der Waals surface area contributed by atoms with Gasteiger partial charge in [-0.2, -0.15) is 5.10 Å². The second-order valence-electron chi connectivity index (χ2n) is 10.4. The highest BCUT2D eigenvalue weighted by molar-refractivity contribution is 6.05. The first-order valence-corrected chi connectivity index (χ1v) is 13.2. The Bertz CT molecular complexity index is 1610. The molecule has 1 aliphatic carbocycles. The zero-order valence-corrected chi connectivity index (χ0v) is 21.4. The third kappa shape index (κ3) is 4.21. The van der Waals surface area contributed by atoms with Crippen molar-refractivity contribution < 1.29 is 19.0 Å². The number of hydrogen-bond donors (Lipinski definition) is 2. The minimum absolute atomic E-state index is 0.104. The molecule has 1 unspecified atom stereocenters. The van der Waals surface area contributed by atoms with E-state index in [4.69, 9.17) is 9.72 Å². The van der Waals surface area contributed by atoms with Crippen LogP contribution in [0.15, 0.2) is 48.9 Å². The maximum absolute atomic E-state index is 14.4. The molecule has 9 nitrogen and oxygen atoms in total. The second kappa shape index (κ2) is 9.16. The number of aliphatic hydroxyl groups is 1. The molecule has 39 heavy (non-hydrogen) atoms. The lowest BCUT2D eigenvalue weighted by Gasteiger charge is -2.33. The quantitative estimate of drug-likeness (QED) is 0.375. The van der Waals surface area contributed by atoms with E-state index in [-0.39, 0.29) is 18.5 Å². The molecule has 5 heterocycles. The normalized spacial score (nSPS) is 18.3. The van der Waals surface area contributed by atoms with Gasteiger partial charge in [0.05, 0.1) is 36.4 Å². The van der Waals surface area contributed by atoms with E-state index >= 15 is 0 Å². The number of fused-ring (bicyclic) bond motifs is 2. The topological polar surface area (TPSA) is 105 Å². The van der Waals surface area contributed by atoms with E-state index < -0.39 is 6.10 Å². The summed E-state index contributed by atoms with van der Waals surface area (Å²) in [5.74, 6) is 1.21. The number of ether oxygens (including phenoxy) is 1. The molecule has 1 atom stereocenters. The Morgan fingerprint density at radius 2 is 2.08 bits per heavy atom. The molecule has 4 aromatic rings. The molecular formula is C29H27FN6O3. The van der Waals surface area contributed by atoms with Gasteiger partial charge in [0.1, 0.15) is 23.4 Å². The van der Waals surface area contributed by atoms with Gasteiger partial charge in [0.15, 0.2) is 5.82 Å². The van der Waals surface area contributed by atoms with Crippen LogP contribution in [0.5, 0.6) is 5.75 Å². The van der Waals surface area contributed by atoms with Gasteiger partial charge in [0.2, 0.25) is 0 Å². The number of aryl methyl sites for hydroxylation is 2. The first-order valence-electron chi connectivity index (χ1n) is 13.2. The molecule has 3 aromatic heterocycles. The summed E-state index contributed by atoms with van der Waals surface area (Å²) in [4.78, 5) is 24.3. The number of amides is 2. The molecule has 0 saturated heterocycles. The number of benzene rings is 1. The highest BCUT2D eigenvalue weighted by atomic mass is 19.1. The third-order valence-corrected chi connectivity index (χ3v) is 7.67. The van der Waals surface area contributed by atoms with Crippen LogP contribution in [-0.4, -0.2) is 30.9 Å². The summed E-state index contributed by atoms with van der Waals surface area (Å²) in [6, 6.07) is 8.49. The van der Waals surface area contributed by atoms with Gasteiger partial charge in [-0.15, -0.1) is 0 Å². The zero-order chi connectivity index (χ0) is 26.7. The molecular weight excluding hydrogens is 499 g/mol. The van der Waals surface area contributed by atoms with E-state index in [2.05, 4.69) is 21.5 Å². The summed E-state index contributed by atoms with van der Waals surface area (Å²) >= 11 is 0. The average Bonchev–Trinajstić information content (AvgIpc) is 3.68. The highest BCUT2D eigenvalue weighted by Crippen LogP contribution is 2.45. The number of hydrogen-bond acceptors (Lipinski definition) is 6. The predicted molar refractivity (Wildman–Crippen MR) is 142 cm³/mol. The minimum atomic E-state index is -0.483. The Morgan fingerprint density at radius 1 is 1.21 bits per heavy atom. The number of pyridine rings is 2. The van der Waals surface area contributed by atoms with Crippen LogP contribution in [0.25, 0.3) is 5.82 Å². The number of rotatable bonds is 5. The maximum atomic E-state index is 14.4. The van der Waals surface area contributed by atoms with Gasteiger partial charge in [-0.05, 0) is 55.9 Å². The van der Waals surface area contributed by atoms with E-state index in [1.165, 1.54) is 6.07 Å². The van der Waals surface area contributed by atoms with Crippen LogP contribution in [0.3, 0.4) is 0 Å². The van der Waals surface area contributed by atoms with Gasteiger partial charge in [0.25, 0.3) is 0 Å². The van der Waals surface area contributed by atoms with Gasteiger partial charge >= 0.3 is 6.03 Å². The predicted octanol–water partition coefficient (Wildman–Crippen LogP) is 5.10. The number of carbonyl (C=O) groups excluding carboxylic acids is 1. The number of aromatic nitrogens is 4. The van der Waals surface area contributed by atoms with Crippen LogP contribution in [0.1, 0.15) is 64.9 Å². The number of anilines is 2. The fraction of sp³-hybridized carbons (Fsp3) is 0.310. The Kier molecular flexibility index (Phi) is 5.59. The van der Waals surface area contributed by atoms with E-state index in [1.54, 1.807) is 34.2 Å². The Labute approximate surface area is 224 Å². The molecule has 3 aliphatic rings. The molecule has 0 spiro atoms. The largest absolute Gasteiger partial charge is 0.484 e. The van der Waals surface area contributed by atoms with Crippen molar-refractivity contribution in [2.24, 2.45) is 0 Å². The van der Waals surface area contributed by atoms with E-state index in [9.17, 15) is 14.3 Å². The van der Waals surface area contributed by atoms with Crippen LogP contribution in [0.2, 0.25) is 0 Å². The number of urea groups is 1. The third-order valence-electron chi connectivity index (χ3n) is 7.67. The highest BCUT2D eigenvalue weighted by Gasteiger charge is 2.35. The second-order valence-corrected chi connectivity index (χ2v) is 10.4. The smallest absolute Gasteiger partial charge is 0.326 e. The number of aliphatic hydroxyl groups excluding tert-OH is 1. The van der Waals surface area contributed by atoms with Gasteiger partial charge in [-0.25, -0.2) is 18.9 Å². The van der Waals surface area contributed by atoms with Gasteiger partial charge in [-0.1, -0.05) is 6.07 Å². The number of halogens is 1. The molecule has 1 saturated carbocycles. The Hall–Kier alpha value is -4.31. The van der Waals surface area contributed by atoms with Crippen LogP contribution in [0, 0.1) is 12.7 Å². The molecule has 2 aliphatic heterocycles. The first-order chi connectivity index (χ1) is 19.0. The minimum Gasteiger partial charge on any atom is -0.484 e. The Morgan fingerprint density at radius 3 is 2.85 bits per heavy atom. The molecule has 2 amide bonds. The maximum Gasteiger partial charge on any atom is 0.326 e. The molecule has 1 fully saturated rings. The number of carbonyl (C=O) groups is 1. The average molecular weight is 527 g/mol. The fourth-order valence-electron chi connectivity index (χ4n) is 5.50. The summed E-state index contributed by atoms with van der Waals surface area (Å²) < 4.78 is 22.3. The summed E-state index contributed by atoms with van der Waals surface area (Å²) in [7, 11) is 0. The van der Waals surface area contributed by atoms with Crippen molar-refractivity contribution in [3.05, 3.63) is 88.4 Å². The lowest BCUT2D eigenvalue weighted by Crippen LogP contribution is -2.40. The van der Waals surface area contributed by atoms with Crippen LogP contribution < -0.4 is 15.0 Å². The van der Waals surface area contributed by atoms with Gasteiger partial charge < -0.3 is 15.2 Å². The lowest BCUT2D eigenvalue weighted by molar-refractivity contribution is 0.167. The Balaban J connectivity index is 1.23. The van der Waals surface area contributed by atoms with E-state index in [1.807, 2.05) is 19.1 Å². The van der Waals surface area contributed by atoms with Crippen molar-refractivity contribution in [1.29, 1.82) is 0 Å². The lowest BCUT2D eigenvalue weighted by atomic mass is 9.96. The first kappa shape index (κ1) is 23.8. The summed E-state index contributed by atoms with van der Waals surface area (Å²) in [5.41, 5.74) is 6.40. The van der Waals surface area contributed by atoms with Crippen molar-refractivity contribution in [3.63, 3.8) is 0 Å². The standard InChI is InChI=1S/C29H27FN6O3/c1-16-9-19-6-7-24(28-21(30)3-2-8-31-28)39-25(19)11-23(16)35-14-20-22(33-29(35)38)10-26(34-27(20)18-4-5-18)36-13-17(15-37)12-32-36/h2-3,8-13,18,24,37H,4-7,14-15H2,1H3,(H,33,38). The molecule has 0 radical (unpaired) electrons. The van der Waals surface area contributed by atoms with Crippen molar-refractivity contribution in [2.45, 2.75) is 57.8 Å². The van der Waals surface area contributed by atoms with Crippen molar-refractivity contribution >= 4 is 17.4 Å². The zero-order valence-electron chi connectivity index (χ0n) is 21.4. The summed E-state index contributed by atoms with van der Waals surface area (Å²) in [6.45, 7) is 2.26. The SMILES string of the molecule is Cc1cc2c(cc1N1Cc3c(cc(-n4cc(CO)cn4)nc3C3CC3)NC1=O)OC(c1ncccc1F)CC2. The monoisotopic (exact) mass is 526 g/mol. The van der Waals surface area contributed by atoms with Crippen LogP contribution >= 0.6 is 0 Å². The molecule has 10 heteroatoms. The fourth-order valence-corrected chi connectivity index (χ4v) is 5.50. The van der Waals surface area contributed by atoms with Crippen LogP contribution in [-0.2, 0) is 19.6 Å². The molecule has 7 rings (SSSR count).